The molecule has 2 N–H and O–H groups in total. The molecular weight excluding hydrogens is 288 g/mol. The van der Waals surface area contributed by atoms with Crippen LogP contribution in [-0.2, 0) is 4.79 Å². The third kappa shape index (κ3) is 4.24. The van der Waals surface area contributed by atoms with Crippen molar-refractivity contribution in [2.45, 2.75) is 25.8 Å². The minimum absolute atomic E-state index is 0.0427. The van der Waals surface area contributed by atoms with Crippen LogP contribution in [0.15, 0.2) is 18.2 Å². The lowest BCUT2D eigenvalue weighted by Crippen LogP contribution is -2.48. The van der Waals surface area contributed by atoms with E-state index >= 15 is 0 Å². The zero-order valence-corrected chi connectivity index (χ0v) is 12.9. The van der Waals surface area contributed by atoms with Gasteiger partial charge < -0.3 is 10.6 Å². The molecule has 0 aromatic heterocycles. The van der Waals surface area contributed by atoms with Gasteiger partial charge in [0.1, 0.15) is 11.6 Å². The fraction of sp³-hybridized carbons (Fsp3) is 0.562. The van der Waals surface area contributed by atoms with Crippen LogP contribution in [0.5, 0.6) is 0 Å². The molecule has 0 radical (unpaired) electrons. The number of benzene rings is 1. The summed E-state index contributed by atoms with van der Waals surface area (Å²) in [5.74, 6) is -1.32. The van der Waals surface area contributed by atoms with Crippen molar-refractivity contribution in [3.05, 3.63) is 35.4 Å². The highest BCUT2D eigenvalue weighted by Gasteiger charge is 2.25. The van der Waals surface area contributed by atoms with Gasteiger partial charge in [-0.3, -0.25) is 9.69 Å². The fourth-order valence-electron chi connectivity index (χ4n) is 3.01. The molecule has 1 atom stereocenters. The van der Waals surface area contributed by atoms with E-state index in [0.29, 0.717) is 18.5 Å². The van der Waals surface area contributed by atoms with Crippen LogP contribution in [0.3, 0.4) is 0 Å². The van der Waals surface area contributed by atoms with E-state index in [-0.39, 0.29) is 11.9 Å². The van der Waals surface area contributed by atoms with Gasteiger partial charge in [0.2, 0.25) is 5.91 Å². The number of primary amides is 1. The molecule has 0 bridgehead atoms. The molecule has 4 nitrogen and oxygen atoms in total. The summed E-state index contributed by atoms with van der Waals surface area (Å²) in [6, 6.07) is 3.75. The molecule has 1 aliphatic heterocycles. The highest BCUT2D eigenvalue weighted by atomic mass is 19.1. The van der Waals surface area contributed by atoms with E-state index in [1.54, 1.807) is 0 Å². The van der Waals surface area contributed by atoms with Crippen LogP contribution in [-0.4, -0.2) is 48.4 Å². The first-order valence-corrected chi connectivity index (χ1v) is 7.71. The Kier molecular flexibility index (Phi) is 5.85. The Labute approximate surface area is 129 Å². The zero-order chi connectivity index (χ0) is 16.1. The second-order valence-electron chi connectivity index (χ2n) is 5.68. The lowest BCUT2D eigenvalue weighted by atomic mass is 10.0. The summed E-state index contributed by atoms with van der Waals surface area (Å²) < 4.78 is 27.1. The number of hydrogen-bond acceptors (Lipinski definition) is 3. The van der Waals surface area contributed by atoms with Crippen LogP contribution < -0.4 is 5.73 Å². The number of nitrogens with zero attached hydrogens (tertiary/aromatic N) is 2. The largest absolute Gasteiger partial charge is 0.370 e. The Balaban J connectivity index is 1.97. The molecule has 0 spiro atoms. The number of carbonyl (C=O) groups is 1. The van der Waals surface area contributed by atoms with Crippen LogP contribution in [0.4, 0.5) is 8.78 Å². The van der Waals surface area contributed by atoms with Gasteiger partial charge in [-0.25, -0.2) is 8.78 Å². The standard InChI is InChI=1S/C16H23F2N3O/c1-2-15(13-4-3-12(17)11-14(13)18)21-9-7-20(8-10-21)6-5-16(19)22/h3-4,11,15H,2,5-10H2,1H3,(H2,19,22)/t15-/m1/s1. The molecule has 0 unspecified atom stereocenters. The van der Waals surface area contributed by atoms with Gasteiger partial charge >= 0.3 is 0 Å². The van der Waals surface area contributed by atoms with E-state index in [4.69, 9.17) is 5.73 Å². The van der Waals surface area contributed by atoms with E-state index in [0.717, 1.165) is 38.7 Å². The van der Waals surface area contributed by atoms with Crippen molar-refractivity contribution in [1.29, 1.82) is 0 Å². The maximum atomic E-state index is 14.0. The lowest BCUT2D eigenvalue weighted by molar-refractivity contribution is -0.118. The van der Waals surface area contributed by atoms with Crippen molar-refractivity contribution >= 4 is 5.91 Å². The Hall–Kier alpha value is -1.53. The van der Waals surface area contributed by atoms with Gasteiger partial charge in [-0.15, -0.1) is 0 Å². The second-order valence-corrected chi connectivity index (χ2v) is 5.68. The third-order valence-electron chi connectivity index (χ3n) is 4.23. The van der Waals surface area contributed by atoms with Gasteiger partial charge in [0.05, 0.1) is 0 Å². The van der Waals surface area contributed by atoms with Crippen molar-refractivity contribution in [1.82, 2.24) is 9.80 Å². The van der Waals surface area contributed by atoms with E-state index < -0.39 is 11.6 Å². The first kappa shape index (κ1) is 16.8. The Morgan fingerprint density at radius 3 is 2.50 bits per heavy atom. The van der Waals surface area contributed by atoms with Gasteiger partial charge in [0.25, 0.3) is 0 Å². The van der Waals surface area contributed by atoms with Crippen LogP contribution in [0.2, 0.25) is 0 Å². The van der Waals surface area contributed by atoms with E-state index in [9.17, 15) is 13.6 Å². The van der Waals surface area contributed by atoms with Crippen molar-refractivity contribution < 1.29 is 13.6 Å². The number of carbonyl (C=O) groups excluding carboxylic acids is 1. The van der Waals surface area contributed by atoms with Crippen LogP contribution in [0.1, 0.15) is 31.4 Å². The quantitative estimate of drug-likeness (QED) is 0.873. The smallest absolute Gasteiger partial charge is 0.218 e. The minimum atomic E-state index is -0.549. The molecule has 22 heavy (non-hydrogen) atoms. The van der Waals surface area contributed by atoms with Gasteiger partial charge in [-0.1, -0.05) is 13.0 Å². The number of amides is 1. The summed E-state index contributed by atoms with van der Waals surface area (Å²) in [4.78, 5) is 15.2. The fourth-order valence-corrected chi connectivity index (χ4v) is 3.01. The number of hydrogen-bond donors (Lipinski definition) is 1. The van der Waals surface area contributed by atoms with Crippen molar-refractivity contribution in [2.24, 2.45) is 5.73 Å². The first-order chi connectivity index (χ1) is 10.5. The molecule has 1 aliphatic rings. The zero-order valence-electron chi connectivity index (χ0n) is 12.9. The minimum Gasteiger partial charge on any atom is -0.370 e. The van der Waals surface area contributed by atoms with Gasteiger partial charge in [0, 0.05) is 56.8 Å². The van der Waals surface area contributed by atoms with Gasteiger partial charge in [-0.2, -0.15) is 0 Å². The molecule has 122 valence electrons. The Morgan fingerprint density at radius 2 is 1.95 bits per heavy atom. The van der Waals surface area contributed by atoms with Crippen LogP contribution >= 0.6 is 0 Å². The molecule has 1 heterocycles. The number of rotatable bonds is 6. The SMILES string of the molecule is CC[C@H](c1ccc(F)cc1F)N1CCN(CCC(N)=O)CC1. The lowest BCUT2D eigenvalue weighted by Gasteiger charge is -2.39. The molecule has 1 saturated heterocycles. The maximum Gasteiger partial charge on any atom is 0.218 e. The molecule has 2 rings (SSSR count). The van der Waals surface area contributed by atoms with E-state index in [2.05, 4.69) is 9.80 Å². The number of nitrogens with two attached hydrogens (primary N) is 1. The Bertz CT molecular complexity index is 516. The molecule has 1 amide bonds. The van der Waals surface area contributed by atoms with E-state index in [1.165, 1.54) is 12.1 Å². The summed E-state index contributed by atoms with van der Waals surface area (Å²) in [6.45, 7) is 5.93. The van der Waals surface area contributed by atoms with E-state index in [1.807, 2.05) is 6.92 Å². The monoisotopic (exact) mass is 311 g/mol. The van der Waals surface area contributed by atoms with Crippen molar-refractivity contribution in [2.75, 3.05) is 32.7 Å². The van der Waals surface area contributed by atoms with Crippen LogP contribution in [0.25, 0.3) is 0 Å². The molecular formula is C16H23F2N3O. The van der Waals surface area contributed by atoms with Crippen molar-refractivity contribution in [3.63, 3.8) is 0 Å². The predicted octanol–water partition coefficient (Wildman–Crippen LogP) is 1.91. The maximum absolute atomic E-state index is 14.0. The summed E-state index contributed by atoms with van der Waals surface area (Å²) >= 11 is 0. The Morgan fingerprint density at radius 1 is 1.27 bits per heavy atom. The second kappa shape index (κ2) is 7.65. The molecule has 1 aromatic carbocycles. The predicted molar refractivity (Wildman–Crippen MR) is 81.2 cm³/mol. The molecule has 0 saturated carbocycles. The van der Waals surface area contributed by atoms with Gasteiger partial charge in [-0.05, 0) is 12.5 Å². The average Bonchev–Trinajstić information content (AvgIpc) is 2.49. The highest BCUT2D eigenvalue weighted by molar-refractivity contribution is 5.73. The first-order valence-electron chi connectivity index (χ1n) is 7.71. The summed E-state index contributed by atoms with van der Waals surface area (Å²) in [6.07, 6.45) is 1.13. The average molecular weight is 311 g/mol. The summed E-state index contributed by atoms with van der Waals surface area (Å²) in [5, 5.41) is 0. The molecule has 1 aromatic rings. The normalized spacial score (nSPS) is 18.3. The van der Waals surface area contributed by atoms with Crippen molar-refractivity contribution in [3.8, 4) is 0 Å². The third-order valence-corrected chi connectivity index (χ3v) is 4.23. The number of piperazine rings is 1. The van der Waals surface area contributed by atoms with Crippen LogP contribution in [0, 0.1) is 11.6 Å². The molecule has 1 fully saturated rings. The number of halogens is 2. The summed E-state index contributed by atoms with van der Waals surface area (Å²) in [5.41, 5.74) is 5.71. The van der Waals surface area contributed by atoms with Gasteiger partial charge in [0.15, 0.2) is 0 Å². The highest BCUT2D eigenvalue weighted by Crippen LogP contribution is 2.27. The molecule has 0 aliphatic carbocycles. The molecule has 6 heteroatoms. The topological polar surface area (TPSA) is 49.6 Å². The summed E-state index contributed by atoms with van der Waals surface area (Å²) in [7, 11) is 0.